The van der Waals surface area contributed by atoms with E-state index in [0.717, 1.165) is 5.69 Å². The Hall–Kier alpha value is -3.24. The lowest BCUT2D eigenvalue weighted by Gasteiger charge is -2.14. The van der Waals surface area contributed by atoms with Crippen molar-refractivity contribution in [3.63, 3.8) is 0 Å². The molecule has 9 nitrogen and oxygen atoms in total. The van der Waals surface area contributed by atoms with Gasteiger partial charge in [0, 0.05) is 30.6 Å². The Morgan fingerprint density at radius 1 is 1.00 bits per heavy atom. The first kappa shape index (κ1) is 22.4. The van der Waals surface area contributed by atoms with E-state index in [1.54, 1.807) is 19.2 Å². The minimum Gasteiger partial charge on any atom is -0.493 e. The van der Waals surface area contributed by atoms with Crippen LogP contribution in [0.15, 0.2) is 47.6 Å². The van der Waals surface area contributed by atoms with Gasteiger partial charge in [-0.1, -0.05) is 30.0 Å². The first-order chi connectivity index (χ1) is 15.1. The Balaban J connectivity index is 1.75. The van der Waals surface area contributed by atoms with Gasteiger partial charge in [0.1, 0.15) is 6.61 Å². The maximum atomic E-state index is 12.6. The van der Waals surface area contributed by atoms with Gasteiger partial charge in [-0.15, -0.1) is 10.2 Å². The first-order valence-corrected chi connectivity index (χ1v) is 10.3. The van der Waals surface area contributed by atoms with Crippen molar-refractivity contribution in [2.75, 3.05) is 39.5 Å². The number of thioether (sulfide) groups is 1. The highest BCUT2D eigenvalue weighted by atomic mass is 32.2. The van der Waals surface area contributed by atoms with Gasteiger partial charge < -0.3 is 24.3 Å². The van der Waals surface area contributed by atoms with Crippen molar-refractivity contribution in [3.05, 3.63) is 48.3 Å². The molecule has 1 aromatic heterocycles. The Morgan fingerprint density at radius 3 is 2.26 bits per heavy atom. The largest absolute Gasteiger partial charge is 0.493 e. The third kappa shape index (κ3) is 5.28. The van der Waals surface area contributed by atoms with Gasteiger partial charge >= 0.3 is 0 Å². The molecule has 0 aliphatic carbocycles. The van der Waals surface area contributed by atoms with Crippen molar-refractivity contribution in [1.82, 2.24) is 14.8 Å². The van der Waals surface area contributed by atoms with Crippen molar-refractivity contribution >= 4 is 23.4 Å². The fourth-order valence-electron chi connectivity index (χ4n) is 2.93. The van der Waals surface area contributed by atoms with E-state index >= 15 is 0 Å². The molecule has 0 radical (unpaired) electrons. The molecule has 2 aromatic carbocycles. The molecule has 0 atom stereocenters. The Morgan fingerprint density at radius 2 is 1.68 bits per heavy atom. The van der Waals surface area contributed by atoms with Crippen LogP contribution < -0.4 is 19.5 Å². The maximum absolute atomic E-state index is 12.6. The number of methoxy groups -OCH3 is 4. The highest BCUT2D eigenvalue weighted by Crippen LogP contribution is 2.40. The van der Waals surface area contributed by atoms with Crippen molar-refractivity contribution in [3.8, 4) is 22.9 Å². The number of hydrogen-bond acceptors (Lipinski definition) is 8. The van der Waals surface area contributed by atoms with Gasteiger partial charge in [-0.2, -0.15) is 0 Å². The third-order valence-electron chi connectivity index (χ3n) is 4.27. The van der Waals surface area contributed by atoms with Crippen LogP contribution in [-0.2, 0) is 16.1 Å². The average Bonchev–Trinajstić information content (AvgIpc) is 3.20. The Labute approximate surface area is 184 Å². The highest BCUT2D eigenvalue weighted by molar-refractivity contribution is 7.99. The molecule has 0 fully saturated rings. The molecule has 0 saturated heterocycles. The summed E-state index contributed by atoms with van der Waals surface area (Å²) in [7, 11) is 6.16. The van der Waals surface area contributed by atoms with Crippen LogP contribution in [0.4, 0.5) is 5.69 Å². The number of amides is 1. The predicted molar refractivity (Wildman–Crippen MR) is 118 cm³/mol. The summed E-state index contributed by atoms with van der Waals surface area (Å²) in [6.45, 7) is 0.306. The zero-order valence-corrected chi connectivity index (χ0v) is 18.6. The van der Waals surface area contributed by atoms with Gasteiger partial charge in [-0.25, -0.2) is 0 Å². The SMILES string of the molecule is COCc1nnc(SCC(=O)Nc2cc(OC)c(OC)c(OC)c2)n1-c1ccccc1. The molecule has 0 saturated carbocycles. The van der Waals surface area contributed by atoms with Gasteiger partial charge in [0.05, 0.1) is 27.1 Å². The average molecular weight is 445 g/mol. The number of aromatic nitrogens is 3. The molecule has 0 spiro atoms. The molecule has 31 heavy (non-hydrogen) atoms. The second-order valence-corrected chi connectivity index (χ2v) is 7.20. The molecule has 164 valence electrons. The van der Waals surface area contributed by atoms with Crippen LogP contribution in [0, 0.1) is 0 Å². The highest BCUT2D eigenvalue weighted by Gasteiger charge is 2.17. The zero-order chi connectivity index (χ0) is 22.2. The van der Waals surface area contributed by atoms with Crippen LogP contribution in [0.5, 0.6) is 17.2 Å². The maximum Gasteiger partial charge on any atom is 0.234 e. The van der Waals surface area contributed by atoms with Crippen LogP contribution in [0.1, 0.15) is 5.82 Å². The number of benzene rings is 2. The van der Waals surface area contributed by atoms with Gasteiger partial charge in [-0.3, -0.25) is 9.36 Å². The van der Waals surface area contributed by atoms with E-state index in [-0.39, 0.29) is 11.7 Å². The Kier molecular flexibility index (Phi) is 7.74. The summed E-state index contributed by atoms with van der Waals surface area (Å²) in [6, 6.07) is 13.0. The lowest BCUT2D eigenvalue weighted by Crippen LogP contribution is -2.15. The number of carbonyl (C=O) groups is 1. The molecule has 3 aromatic rings. The number of hydrogen-bond donors (Lipinski definition) is 1. The summed E-state index contributed by atoms with van der Waals surface area (Å²) in [5, 5.41) is 11.9. The normalized spacial score (nSPS) is 10.6. The number of nitrogens with zero attached hydrogens (tertiary/aromatic N) is 3. The molecule has 0 aliphatic heterocycles. The van der Waals surface area contributed by atoms with Gasteiger partial charge in [0.2, 0.25) is 11.7 Å². The van der Waals surface area contributed by atoms with E-state index in [4.69, 9.17) is 18.9 Å². The van der Waals surface area contributed by atoms with Crippen molar-refractivity contribution in [1.29, 1.82) is 0 Å². The summed E-state index contributed by atoms with van der Waals surface area (Å²) in [4.78, 5) is 12.6. The van der Waals surface area contributed by atoms with Crippen LogP contribution in [0.2, 0.25) is 0 Å². The fraction of sp³-hybridized carbons (Fsp3) is 0.286. The van der Waals surface area contributed by atoms with E-state index in [1.807, 2.05) is 34.9 Å². The predicted octanol–water partition coefficient (Wildman–Crippen LogP) is 3.17. The minimum absolute atomic E-state index is 0.134. The minimum atomic E-state index is -0.213. The number of para-hydroxylation sites is 1. The van der Waals surface area contributed by atoms with E-state index in [2.05, 4.69) is 15.5 Å². The van der Waals surface area contributed by atoms with Crippen molar-refractivity contribution in [2.24, 2.45) is 0 Å². The lowest BCUT2D eigenvalue weighted by molar-refractivity contribution is -0.113. The van der Waals surface area contributed by atoms with Crippen LogP contribution >= 0.6 is 11.8 Å². The fourth-order valence-corrected chi connectivity index (χ4v) is 3.70. The molecule has 0 unspecified atom stereocenters. The van der Waals surface area contributed by atoms with E-state index in [0.29, 0.717) is 40.5 Å². The number of nitrogens with one attached hydrogen (secondary N) is 1. The summed E-state index contributed by atoms with van der Waals surface area (Å²) >= 11 is 1.28. The van der Waals surface area contributed by atoms with E-state index in [1.165, 1.54) is 33.1 Å². The number of carbonyl (C=O) groups excluding carboxylic acids is 1. The van der Waals surface area contributed by atoms with Gasteiger partial charge in [0.25, 0.3) is 0 Å². The molecular weight excluding hydrogens is 420 g/mol. The third-order valence-corrected chi connectivity index (χ3v) is 5.20. The molecule has 3 rings (SSSR count). The van der Waals surface area contributed by atoms with Crippen LogP contribution in [0.25, 0.3) is 5.69 Å². The second kappa shape index (κ2) is 10.7. The second-order valence-electron chi connectivity index (χ2n) is 6.25. The molecule has 10 heteroatoms. The molecule has 1 amide bonds. The molecular formula is C21H24N4O5S. The topological polar surface area (TPSA) is 96.7 Å². The van der Waals surface area contributed by atoms with Crippen molar-refractivity contribution < 1.29 is 23.7 Å². The summed E-state index contributed by atoms with van der Waals surface area (Å²) < 4.78 is 23.1. The van der Waals surface area contributed by atoms with E-state index < -0.39 is 0 Å². The standard InChI is InChI=1S/C21H24N4O5S/c1-27-12-18-23-24-21(25(18)15-8-6-5-7-9-15)31-13-19(26)22-14-10-16(28-2)20(30-4)17(11-14)29-3/h5-11H,12-13H2,1-4H3,(H,22,26). The quantitative estimate of drug-likeness (QED) is 0.477. The summed E-state index contributed by atoms with van der Waals surface area (Å²) in [6.07, 6.45) is 0. The van der Waals surface area contributed by atoms with Crippen molar-refractivity contribution in [2.45, 2.75) is 11.8 Å². The number of ether oxygens (including phenoxy) is 4. The molecule has 0 aliphatic rings. The van der Waals surface area contributed by atoms with Crippen LogP contribution in [0.3, 0.4) is 0 Å². The Bertz CT molecular complexity index is 1000. The monoisotopic (exact) mass is 444 g/mol. The molecule has 0 bridgehead atoms. The smallest absolute Gasteiger partial charge is 0.234 e. The summed E-state index contributed by atoms with van der Waals surface area (Å²) in [5.74, 6) is 1.94. The first-order valence-electron chi connectivity index (χ1n) is 9.32. The number of anilines is 1. The van der Waals surface area contributed by atoms with Gasteiger partial charge in [-0.05, 0) is 12.1 Å². The zero-order valence-electron chi connectivity index (χ0n) is 17.7. The van der Waals surface area contributed by atoms with Crippen LogP contribution in [-0.4, -0.2) is 54.9 Å². The van der Waals surface area contributed by atoms with Gasteiger partial charge in [0.15, 0.2) is 22.5 Å². The molecule has 1 N–H and O–H groups in total. The number of rotatable bonds is 10. The molecule has 1 heterocycles. The lowest BCUT2D eigenvalue weighted by atomic mass is 10.2. The summed E-state index contributed by atoms with van der Waals surface area (Å²) in [5.41, 5.74) is 1.43. The van der Waals surface area contributed by atoms with E-state index in [9.17, 15) is 4.79 Å².